The van der Waals surface area contributed by atoms with Gasteiger partial charge >= 0.3 is 5.97 Å². The monoisotopic (exact) mass is 284 g/mol. The molecule has 0 saturated carbocycles. The van der Waals surface area contributed by atoms with Gasteiger partial charge in [0.2, 0.25) is 0 Å². The van der Waals surface area contributed by atoms with Crippen molar-refractivity contribution in [3.8, 4) is 5.75 Å². The molecule has 5 nitrogen and oxygen atoms in total. The van der Waals surface area contributed by atoms with Gasteiger partial charge in [-0.2, -0.15) is 0 Å². The molecule has 21 heavy (non-hydrogen) atoms. The van der Waals surface area contributed by atoms with Crippen LogP contribution in [0.4, 0.5) is 5.69 Å². The molecule has 1 aliphatic rings. The summed E-state index contributed by atoms with van der Waals surface area (Å²) in [6, 6.07) is 12.7. The first-order chi connectivity index (χ1) is 10.3. The summed E-state index contributed by atoms with van der Waals surface area (Å²) in [5, 5.41) is 0. The molecule has 0 radical (unpaired) electrons. The van der Waals surface area contributed by atoms with Gasteiger partial charge in [0.1, 0.15) is 11.4 Å². The molecule has 1 aliphatic heterocycles. The number of carbonyl (C=O) groups is 1. The van der Waals surface area contributed by atoms with Gasteiger partial charge < -0.3 is 14.4 Å². The first-order valence-corrected chi connectivity index (χ1v) is 6.89. The van der Waals surface area contributed by atoms with Crippen molar-refractivity contribution < 1.29 is 14.3 Å². The van der Waals surface area contributed by atoms with Crippen LogP contribution in [0.3, 0.4) is 0 Å². The average molecular weight is 284 g/mol. The smallest absolute Gasteiger partial charge is 0.362 e. The van der Waals surface area contributed by atoms with Crippen molar-refractivity contribution in [2.24, 2.45) is 0 Å². The molecule has 1 saturated heterocycles. The lowest BCUT2D eigenvalue weighted by molar-refractivity contribution is 0.0728. The van der Waals surface area contributed by atoms with Gasteiger partial charge in [0, 0.05) is 31.0 Å². The van der Waals surface area contributed by atoms with Crippen LogP contribution in [0.15, 0.2) is 48.7 Å². The second-order valence-electron chi connectivity index (χ2n) is 4.70. The number of aromatic nitrogens is 1. The minimum atomic E-state index is -0.449. The van der Waals surface area contributed by atoms with E-state index in [-0.39, 0.29) is 0 Å². The van der Waals surface area contributed by atoms with Crippen molar-refractivity contribution in [2.45, 2.75) is 0 Å². The molecule has 0 N–H and O–H groups in total. The summed E-state index contributed by atoms with van der Waals surface area (Å²) < 4.78 is 10.7. The Balaban J connectivity index is 1.72. The Morgan fingerprint density at radius 1 is 1.14 bits per heavy atom. The number of hydrogen-bond acceptors (Lipinski definition) is 5. The number of carbonyl (C=O) groups excluding carboxylic acids is 1. The third-order valence-electron chi connectivity index (χ3n) is 3.28. The molecule has 1 aromatic heterocycles. The van der Waals surface area contributed by atoms with Gasteiger partial charge in [-0.1, -0.05) is 12.1 Å². The van der Waals surface area contributed by atoms with Crippen LogP contribution >= 0.6 is 0 Å². The largest absolute Gasteiger partial charge is 0.422 e. The molecule has 1 aromatic carbocycles. The Morgan fingerprint density at radius 2 is 2.00 bits per heavy atom. The number of nitrogens with zero attached hydrogens (tertiary/aromatic N) is 2. The SMILES string of the molecule is O=C(Oc1cccc(N2CCOCC2)c1)c1ccccn1. The first kappa shape index (κ1) is 13.6. The summed E-state index contributed by atoms with van der Waals surface area (Å²) in [5.41, 5.74) is 1.33. The Morgan fingerprint density at radius 3 is 2.76 bits per heavy atom. The Hall–Kier alpha value is -2.40. The van der Waals surface area contributed by atoms with Crippen LogP contribution in [0.2, 0.25) is 0 Å². The van der Waals surface area contributed by atoms with E-state index in [0.717, 1.165) is 32.0 Å². The summed E-state index contributed by atoms with van der Waals surface area (Å²) >= 11 is 0. The number of morpholine rings is 1. The molecule has 0 aliphatic carbocycles. The molecule has 1 fully saturated rings. The highest BCUT2D eigenvalue weighted by atomic mass is 16.5. The molecule has 108 valence electrons. The van der Waals surface area contributed by atoms with E-state index >= 15 is 0 Å². The zero-order valence-electron chi connectivity index (χ0n) is 11.6. The summed E-state index contributed by atoms with van der Waals surface area (Å²) in [5.74, 6) is 0.0735. The standard InChI is InChI=1S/C16H16N2O3/c19-16(15-6-1-2-7-17-15)21-14-5-3-4-13(12-14)18-8-10-20-11-9-18/h1-7,12H,8-11H2. The number of benzene rings is 1. The molecule has 2 heterocycles. The van der Waals surface area contributed by atoms with Gasteiger partial charge in [-0.15, -0.1) is 0 Å². The summed E-state index contributed by atoms with van der Waals surface area (Å²) in [6.07, 6.45) is 1.57. The third-order valence-corrected chi connectivity index (χ3v) is 3.28. The van der Waals surface area contributed by atoms with Crippen LogP contribution < -0.4 is 9.64 Å². The minimum absolute atomic E-state index is 0.300. The average Bonchev–Trinajstić information content (AvgIpc) is 2.57. The fraction of sp³-hybridized carbons (Fsp3) is 0.250. The van der Waals surface area contributed by atoms with Crippen LogP contribution in [-0.4, -0.2) is 37.3 Å². The van der Waals surface area contributed by atoms with Crippen molar-refractivity contribution in [3.05, 3.63) is 54.4 Å². The maximum Gasteiger partial charge on any atom is 0.362 e. The highest BCUT2D eigenvalue weighted by molar-refractivity contribution is 5.89. The van der Waals surface area contributed by atoms with Crippen LogP contribution in [0.1, 0.15) is 10.5 Å². The maximum absolute atomic E-state index is 12.0. The van der Waals surface area contributed by atoms with Crippen molar-refractivity contribution in [1.82, 2.24) is 4.98 Å². The quantitative estimate of drug-likeness (QED) is 0.638. The summed E-state index contributed by atoms with van der Waals surface area (Å²) in [4.78, 5) is 18.2. The van der Waals surface area contributed by atoms with Crippen molar-refractivity contribution in [1.29, 1.82) is 0 Å². The second-order valence-corrected chi connectivity index (χ2v) is 4.70. The van der Waals surface area contributed by atoms with Crippen molar-refractivity contribution >= 4 is 11.7 Å². The van der Waals surface area contributed by atoms with E-state index < -0.39 is 5.97 Å². The van der Waals surface area contributed by atoms with Gasteiger partial charge in [0.05, 0.1) is 13.2 Å². The lowest BCUT2D eigenvalue weighted by Gasteiger charge is -2.29. The summed E-state index contributed by atoms with van der Waals surface area (Å²) in [7, 11) is 0. The molecule has 5 heteroatoms. The van der Waals surface area contributed by atoms with Crippen LogP contribution in [0.5, 0.6) is 5.75 Å². The Kier molecular flexibility index (Phi) is 4.12. The van der Waals surface area contributed by atoms with E-state index in [9.17, 15) is 4.79 Å². The fourth-order valence-corrected chi connectivity index (χ4v) is 2.21. The number of anilines is 1. The van der Waals surface area contributed by atoms with Crippen molar-refractivity contribution in [3.63, 3.8) is 0 Å². The highest BCUT2D eigenvalue weighted by Crippen LogP contribution is 2.22. The third kappa shape index (κ3) is 3.38. The number of ether oxygens (including phenoxy) is 2. The maximum atomic E-state index is 12.0. The predicted octanol–water partition coefficient (Wildman–Crippen LogP) is 2.14. The molecule has 0 amide bonds. The fourth-order valence-electron chi connectivity index (χ4n) is 2.21. The molecule has 0 unspecified atom stereocenters. The van der Waals surface area contributed by atoms with E-state index in [1.807, 2.05) is 18.2 Å². The van der Waals surface area contributed by atoms with Crippen LogP contribution in [0.25, 0.3) is 0 Å². The second kappa shape index (κ2) is 6.37. The normalized spacial score (nSPS) is 14.8. The Bertz CT molecular complexity index is 610. The first-order valence-electron chi connectivity index (χ1n) is 6.89. The van der Waals surface area contributed by atoms with E-state index in [1.165, 1.54) is 0 Å². The molecule has 2 aromatic rings. The van der Waals surface area contributed by atoms with Crippen molar-refractivity contribution in [2.75, 3.05) is 31.2 Å². The Labute approximate surface area is 123 Å². The lowest BCUT2D eigenvalue weighted by atomic mass is 10.2. The zero-order valence-corrected chi connectivity index (χ0v) is 11.6. The minimum Gasteiger partial charge on any atom is -0.422 e. The molecule has 0 spiro atoms. The molecule has 0 atom stereocenters. The highest BCUT2D eigenvalue weighted by Gasteiger charge is 2.13. The van der Waals surface area contributed by atoms with Gasteiger partial charge in [-0.25, -0.2) is 9.78 Å². The van der Waals surface area contributed by atoms with E-state index in [4.69, 9.17) is 9.47 Å². The lowest BCUT2D eigenvalue weighted by Crippen LogP contribution is -2.36. The summed E-state index contributed by atoms with van der Waals surface area (Å²) in [6.45, 7) is 3.13. The number of hydrogen-bond donors (Lipinski definition) is 0. The van der Waals surface area contributed by atoms with E-state index in [1.54, 1.807) is 30.5 Å². The zero-order chi connectivity index (χ0) is 14.5. The van der Waals surface area contributed by atoms with Gasteiger partial charge in [-0.05, 0) is 24.3 Å². The molecule has 3 rings (SSSR count). The van der Waals surface area contributed by atoms with Gasteiger partial charge in [-0.3, -0.25) is 0 Å². The predicted molar refractivity (Wildman–Crippen MR) is 78.7 cm³/mol. The van der Waals surface area contributed by atoms with Gasteiger partial charge in [0.15, 0.2) is 0 Å². The molecule has 0 bridgehead atoms. The van der Waals surface area contributed by atoms with Crippen LogP contribution in [0, 0.1) is 0 Å². The van der Waals surface area contributed by atoms with E-state index in [2.05, 4.69) is 9.88 Å². The number of esters is 1. The van der Waals surface area contributed by atoms with Crippen LogP contribution in [-0.2, 0) is 4.74 Å². The molecular weight excluding hydrogens is 268 g/mol. The number of pyridine rings is 1. The van der Waals surface area contributed by atoms with Gasteiger partial charge in [0.25, 0.3) is 0 Å². The number of rotatable bonds is 3. The topological polar surface area (TPSA) is 51.7 Å². The molecular formula is C16H16N2O3. The van der Waals surface area contributed by atoms with E-state index in [0.29, 0.717) is 11.4 Å².